The van der Waals surface area contributed by atoms with Crippen LogP contribution >= 0.6 is 23.2 Å². The summed E-state index contributed by atoms with van der Waals surface area (Å²) in [7, 11) is 0. The van der Waals surface area contributed by atoms with Gasteiger partial charge in [-0.3, -0.25) is 4.79 Å². The Balaban J connectivity index is 1.91. The van der Waals surface area contributed by atoms with Crippen LogP contribution in [0.25, 0.3) is 0 Å². The van der Waals surface area contributed by atoms with Crippen molar-refractivity contribution in [2.45, 2.75) is 31.7 Å². The molecule has 0 spiro atoms. The molecule has 0 saturated heterocycles. The molecule has 0 aromatic carbocycles. The summed E-state index contributed by atoms with van der Waals surface area (Å²) in [5, 5.41) is 11.8. The third-order valence-electron chi connectivity index (χ3n) is 4.59. The molecular weight excluding hydrogens is 320 g/mol. The van der Waals surface area contributed by atoms with Crippen molar-refractivity contribution in [3.8, 4) is 0 Å². The van der Waals surface area contributed by atoms with E-state index in [-0.39, 0.29) is 34.1 Å². The lowest BCUT2D eigenvalue weighted by atomic mass is 9.61. The number of nitrogens with one attached hydrogen (secondary N) is 1. The van der Waals surface area contributed by atoms with Crippen molar-refractivity contribution in [1.82, 2.24) is 9.97 Å². The van der Waals surface area contributed by atoms with Gasteiger partial charge in [-0.25, -0.2) is 4.98 Å². The number of anilines is 1. The van der Waals surface area contributed by atoms with Crippen LogP contribution in [0.3, 0.4) is 0 Å². The van der Waals surface area contributed by atoms with Gasteiger partial charge >= 0.3 is 5.97 Å². The zero-order valence-corrected chi connectivity index (χ0v) is 12.5. The molecule has 2 N–H and O–H groups in total. The van der Waals surface area contributed by atoms with Crippen LogP contribution in [-0.4, -0.2) is 27.1 Å². The zero-order valence-electron chi connectivity index (χ0n) is 11.0. The number of carboxylic acid groups (broad SMARTS) is 1. The fourth-order valence-electron chi connectivity index (χ4n) is 3.66. The van der Waals surface area contributed by atoms with Crippen LogP contribution in [0.15, 0.2) is 0 Å². The monoisotopic (exact) mass is 333 g/mol. The minimum Gasteiger partial charge on any atom is -0.481 e. The van der Waals surface area contributed by atoms with Crippen molar-refractivity contribution in [3.05, 3.63) is 16.3 Å². The zero-order chi connectivity index (χ0) is 15.1. The minimum atomic E-state index is -0.853. The number of carbonyl (C=O) groups is 1. The van der Waals surface area contributed by atoms with E-state index in [0.29, 0.717) is 0 Å². The van der Waals surface area contributed by atoms with Crippen LogP contribution in [-0.2, 0) is 4.79 Å². The van der Waals surface area contributed by atoms with E-state index in [1.807, 2.05) is 0 Å². The second kappa shape index (κ2) is 5.57. The van der Waals surface area contributed by atoms with E-state index in [1.54, 1.807) is 0 Å². The number of nitrogens with zero attached hydrogens (tertiary/aromatic N) is 2. The topological polar surface area (TPSA) is 75.1 Å². The summed E-state index contributed by atoms with van der Waals surface area (Å²) in [6, 6.07) is -0.355. The fourth-order valence-corrected chi connectivity index (χ4v) is 4.04. The minimum absolute atomic E-state index is 0.121. The summed E-state index contributed by atoms with van der Waals surface area (Å²) in [5.41, 5.74) is 0. The van der Waals surface area contributed by atoms with Crippen LogP contribution in [0.2, 0.25) is 10.4 Å². The lowest BCUT2D eigenvalue weighted by molar-refractivity contribution is -0.148. The van der Waals surface area contributed by atoms with E-state index in [4.69, 9.17) is 23.2 Å². The van der Waals surface area contributed by atoms with Gasteiger partial charge in [-0.05, 0) is 49.1 Å². The molecule has 1 aromatic heterocycles. The maximum absolute atomic E-state index is 14.0. The summed E-state index contributed by atoms with van der Waals surface area (Å²) in [4.78, 5) is 18.9. The molecule has 3 fully saturated rings. The molecule has 0 radical (unpaired) electrons. The Morgan fingerprint density at radius 1 is 1.19 bits per heavy atom. The largest absolute Gasteiger partial charge is 0.481 e. The first-order chi connectivity index (χ1) is 9.97. The van der Waals surface area contributed by atoms with Crippen molar-refractivity contribution < 1.29 is 14.3 Å². The average Bonchev–Trinajstić information content (AvgIpc) is 2.45. The van der Waals surface area contributed by atoms with Gasteiger partial charge in [0, 0.05) is 6.04 Å². The molecule has 2 atom stereocenters. The number of aliphatic carboxylic acids is 1. The molecule has 0 amide bonds. The van der Waals surface area contributed by atoms with Crippen LogP contribution in [0.5, 0.6) is 0 Å². The molecule has 114 valence electrons. The van der Waals surface area contributed by atoms with Gasteiger partial charge in [0.05, 0.1) is 5.92 Å². The third kappa shape index (κ3) is 2.66. The molecule has 8 heteroatoms. The molecule has 21 heavy (non-hydrogen) atoms. The Labute approximate surface area is 130 Å². The number of hydrogen-bond donors (Lipinski definition) is 2. The molecule has 0 aliphatic heterocycles. The lowest BCUT2D eigenvalue weighted by Gasteiger charge is -2.47. The summed E-state index contributed by atoms with van der Waals surface area (Å²) in [5.74, 6) is -1.99. The number of fused-ring (bicyclic) bond motifs is 3. The molecule has 3 aliphatic carbocycles. The second-order valence-corrected chi connectivity index (χ2v) is 6.35. The van der Waals surface area contributed by atoms with E-state index < -0.39 is 17.7 Å². The molecule has 1 aromatic rings. The van der Waals surface area contributed by atoms with E-state index in [2.05, 4.69) is 15.3 Å². The van der Waals surface area contributed by atoms with Crippen molar-refractivity contribution in [1.29, 1.82) is 0 Å². The van der Waals surface area contributed by atoms with E-state index in [0.717, 1.165) is 25.7 Å². The summed E-state index contributed by atoms with van der Waals surface area (Å²) in [6.45, 7) is 0. The lowest BCUT2D eigenvalue weighted by Crippen LogP contribution is -2.51. The number of aromatic nitrogens is 2. The summed E-state index contributed by atoms with van der Waals surface area (Å²) >= 11 is 11.3. The smallest absolute Gasteiger partial charge is 0.308 e. The first kappa shape index (κ1) is 14.8. The molecule has 0 unspecified atom stereocenters. The van der Waals surface area contributed by atoms with Crippen LogP contribution in [0, 0.1) is 23.6 Å². The average molecular weight is 334 g/mol. The molecule has 5 nitrogen and oxygen atoms in total. The first-order valence-corrected chi connectivity index (χ1v) is 7.61. The second-order valence-electron chi connectivity index (χ2n) is 5.66. The van der Waals surface area contributed by atoms with Gasteiger partial charge in [0.15, 0.2) is 11.0 Å². The number of hydrogen-bond acceptors (Lipinski definition) is 4. The predicted octanol–water partition coefficient (Wildman–Crippen LogP) is 3.22. The standard InChI is InChI=1S/C13H14Cl2FN3O2/c14-10-8(16)11(19-13(15)18-10)17-9-6-3-1-5(2-4-6)7(9)12(20)21/h5-7,9H,1-4H2,(H,20,21)(H,17,18,19)/t5?,6?,7-,9-/m0/s1. The Bertz CT molecular complexity index is 579. The van der Waals surface area contributed by atoms with E-state index >= 15 is 0 Å². The summed E-state index contributed by atoms with van der Waals surface area (Å²) in [6.07, 6.45) is 3.71. The number of halogens is 3. The number of carboxylic acids is 1. The SMILES string of the molecule is O=C(O)[C@H]1C2CCC(CC2)[C@@H]1Nc1nc(Cl)nc(Cl)c1F. The highest BCUT2D eigenvalue weighted by Gasteiger charge is 2.47. The van der Waals surface area contributed by atoms with Gasteiger partial charge in [0.25, 0.3) is 0 Å². The fraction of sp³-hybridized carbons (Fsp3) is 0.615. The highest BCUT2D eigenvalue weighted by atomic mass is 35.5. The molecule has 3 saturated carbocycles. The van der Waals surface area contributed by atoms with E-state index in [1.165, 1.54) is 0 Å². The van der Waals surface area contributed by atoms with Gasteiger partial charge < -0.3 is 10.4 Å². The maximum Gasteiger partial charge on any atom is 0.308 e. The molecule has 1 heterocycles. The van der Waals surface area contributed by atoms with Gasteiger partial charge in [0.2, 0.25) is 11.1 Å². The van der Waals surface area contributed by atoms with Crippen molar-refractivity contribution >= 4 is 35.0 Å². The highest BCUT2D eigenvalue weighted by Crippen LogP contribution is 2.46. The van der Waals surface area contributed by atoms with Crippen LogP contribution in [0.4, 0.5) is 10.2 Å². The number of rotatable bonds is 3. The highest BCUT2D eigenvalue weighted by molar-refractivity contribution is 6.32. The molecule has 2 bridgehead atoms. The van der Waals surface area contributed by atoms with Gasteiger partial charge in [-0.15, -0.1) is 0 Å². The quantitative estimate of drug-likeness (QED) is 0.656. The van der Waals surface area contributed by atoms with Crippen LogP contribution in [0.1, 0.15) is 25.7 Å². The van der Waals surface area contributed by atoms with Gasteiger partial charge in [-0.2, -0.15) is 9.37 Å². The Hall–Kier alpha value is -1.14. The normalized spacial score (nSPS) is 31.2. The van der Waals surface area contributed by atoms with Gasteiger partial charge in [0.1, 0.15) is 0 Å². The molecule has 3 aliphatic rings. The Morgan fingerprint density at radius 3 is 2.43 bits per heavy atom. The molecule has 4 rings (SSSR count). The first-order valence-electron chi connectivity index (χ1n) is 6.85. The van der Waals surface area contributed by atoms with E-state index in [9.17, 15) is 14.3 Å². The summed E-state index contributed by atoms with van der Waals surface area (Å²) < 4.78 is 14.0. The third-order valence-corrected chi connectivity index (χ3v) is 5.01. The Kier molecular flexibility index (Phi) is 3.92. The predicted molar refractivity (Wildman–Crippen MR) is 76.0 cm³/mol. The molecular formula is C13H14Cl2FN3O2. The Morgan fingerprint density at radius 2 is 1.81 bits per heavy atom. The maximum atomic E-state index is 14.0. The van der Waals surface area contributed by atoms with Crippen LogP contribution < -0.4 is 5.32 Å². The van der Waals surface area contributed by atoms with Gasteiger partial charge in [-0.1, -0.05) is 11.6 Å². The van der Waals surface area contributed by atoms with Crippen molar-refractivity contribution in [2.24, 2.45) is 17.8 Å². The van der Waals surface area contributed by atoms with Crippen molar-refractivity contribution in [3.63, 3.8) is 0 Å². The van der Waals surface area contributed by atoms with Crippen molar-refractivity contribution in [2.75, 3.05) is 5.32 Å².